The van der Waals surface area contributed by atoms with E-state index in [2.05, 4.69) is 27.1 Å². The summed E-state index contributed by atoms with van der Waals surface area (Å²) < 4.78 is 7.81. The summed E-state index contributed by atoms with van der Waals surface area (Å²) in [6.07, 6.45) is 8.66. The van der Waals surface area contributed by atoms with Crippen molar-refractivity contribution < 1.29 is 9.32 Å². The van der Waals surface area contributed by atoms with Crippen LogP contribution in [-0.4, -0.2) is 43.8 Å². The Morgan fingerprint density at radius 1 is 1.13 bits per heavy atom. The third-order valence-corrected chi connectivity index (χ3v) is 6.62. The molecule has 7 heteroatoms. The largest absolute Gasteiger partial charge is 0.342 e. The van der Waals surface area contributed by atoms with Gasteiger partial charge in [0.05, 0.1) is 17.8 Å². The van der Waals surface area contributed by atoms with Crippen LogP contribution in [0.15, 0.2) is 28.9 Å². The SMILES string of the molecule is CC(C)C(=O)N1CCC(c2noc(-c3ccc4cnn(C5CCCC5)c4c3)n2)CC1. The van der Waals surface area contributed by atoms with Crippen molar-refractivity contribution in [2.75, 3.05) is 13.1 Å². The fourth-order valence-corrected chi connectivity index (χ4v) is 4.85. The Hall–Kier alpha value is -2.70. The molecule has 158 valence electrons. The molecule has 1 aliphatic carbocycles. The first kappa shape index (κ1) is 19.3. The summed E-state index contributed by atoms with van der Waals surface area (Å²) >= 11 is 0. The zero-order valence-corrected chi connectivity index (χ0v) is 17.8. The number of hydrogen-bond donors (Lipinski definition) is 0. The number of hydrogen-bond acceptors (Lipinski definition) is 5. The van der Waals surface area contributed by atoms with Crippen molar-refractivity contribution in [3.8, 4) is 11.5 Å². The molecule has 3 aromatic rings. The van der Waals surface area contributed by atoms with Crippen LogP contribution in [0.4, 0.5) is 0 Å². The Morgan fingerprint density at radius 3 is 2.63 bits per heavy atom. The summed E-state index contributed by atoms with van der Waals surface area (Å²) in [6, 6.07) is 6.74. The maximum absolute atomic E-state index is 12.2. The normalized spacial score (nSPS) is 18.7. The predicted molar refractivity (Wildman–Crippen MR) is 114 cm³/mol. The van der Waals surface area contributed by atoms with Gasteiger partial charge in [0, 0.05) is 35.9 Å². The molecule has 1 amide bonds. The summed E-state index contributed by atoms with van der Waals surface area (Å²) in [4.78, 5) is 18.9. The summed E-state index contributed by atoms with van der Waals surface area (Å²) in [7, 11) is 0. The Balaban J connectivity index is 1.34. The second-order valence-electron chi connectivity index (χ2n) is 9.01. The number of piperidine rings is 1. The number of nitrogens with zero attached hydrogens (tertiary/aromatic N) is 5. The monoisotopic (exact) mass is 407 g/mol. The van der Waals surface area contributed by atoms with Gasteiger partial charge in [0.25, 0.3) is 5.89 Å². The molecule has 0 spiro atoms. The van der Waals surface area contributed by atoms with Crippen molar-refractivity contribution >= 4 is 16.8 Å². The van der Waals surface area contributed by atoms with Gasteiger partial charge in [0.1, 0.15) is 0 Å². The number of amides is 1. The molecule has 1 aromatic carbocycles. The zero-order valence-electron chi connectivity index (χ0n) is 17.8. The smallest absolute Gasteiger partial charge is 0.258 e. The quantitative estimate of drug-likeness (QED) is 0.633. The van der Waals surface area contributed by atoms with Crippen molar-refractivity contribution in [2.45, 2.75) is 64.3 Å². The van der Waals surface area contributed by atoms with E-state index < -0.39 is 0 Å². The molecule has 7 nitrogen and oxygen atoms in total. The number of fused-ring (bicyclic) bond motifs is 1. The van der Waals surface area contributed by atoms with Crippen molar-refractivity contribution in [1.82, 2.24) is 24.8 Å². The van der Waals surface area contributed by atoms with E-state index >= 15 is 0 Å². The Morgan fingerprint density at radius 2 is 1.90 bits per heavy atom. The first-order valence-electron chi connectivity index (χ1n) is 11.2. The standard InChI is InChI=1S/C23H29N5O2/c1-15(2)23(29)27-11-9-16(10-12-27)21-25-22(30-26-21)17-7-8-18-14-24-28(20(18)13-17)19-5-3-4-6-19/h7-8,13-16,19H,3-6,9-12H2,1-2H3. The summed E-state index contributed by atoms with van der Waals surface area (Å²) in [6.45, 7) is 5.43. The topological polar surface area (TPSA) is 77.0 Å². The molecule has 1 aliphatic heterocycles. The van der Waals surface area contributed by atoms with Crippen molar-refractivity contribution in [3.05, 3.63) is 30.2 Å². The fraction of sp³-hybridized carbons (Fsp3) is 0.565. The molecule has 5 rings (SSSR count). The molecule has 0 atom stereocenters. The van der Waals surface area contributed by atoms with Crippen LogP contribution < -0.4 is 0 Å². The molecular formula is C23H29N5O2. The number of rotatable bonds is 4. The molecule has 1 saturated heterocycles. The van der Waals surface area contributed by atoms with Gasteiger partial charge in [0.2, 0.25) is 5.91 Å². The maximum atomic E-state index is 12.2. The van der Waals surface area contributed by atoms with E-state index in [4.69, 9.17) is 9.51 Å². The number of likely N-dealkylation sites (tertiary alicyclic amines) is 1. The minimum absolute atomic E-state index is 0.0471. The zero-order chi connectivity index (χ0) is 20.7. The molecule has 2 aromatic heterocycles. The predicted octanol–water partition coefficient (Wildman–Crippen LogP) is 4.56. The Labute approximate surface area is 176 Å². The lowest BCUT2D eigenvalue weighted by Crippen LogP contribution is -2.40. The van der Waals surface area contributed by atoms with Gasteiger partial charge in [-0.15, -0.1) is 0 Å². The van der Waals surface area contributed by atoms with Gasteiger partial charge in [-0.3, -0.25) is 9.48 Å². The van der Waals surface area contributed by atoms with Crippen LogP contribution in [0.2, 0.25) is 0 Å². The van der Waals surface area contributed by atoms with Gasteiger partial charge in [-0.1, -0.05) is 37.9 Å². The molecule has 0 radical (unpaired) electrons. The molecule has 0 bridgehead atoms. The molecule has 2 aliphatic rings. The van der Waals surface area contributed by atoms with E-state index in [-0.39, 0.29) is 17.7 Å². The van der Waals surface area contributed by atoms with Gasteiger partial charge in [-0.2, -0.15) is 10.1 Å². The average molecular weight is 408 g/mol. The Bertz CT molecular complexity index is 1040. The first-order chi connectivity index (χ1) is 14.6. The molecule has 1 saturated carbocycles. The van der Waals surface area contributed by atoms with Gasteiger partial charge in [-0.25, -0.2) is 0 Å². The van der Waals surface area contributed by atoms with Crippen LogP contribution in [0.3, 0.4) is 0 Å². The van der Waals surface area contributed by atoms with Crippen molar-refractivity contribution in [3.63, 3.8) is 0 Å². The minimum Gasteiger partial charge on any atom is -0.342 e. The third-order valence-electron chi connectivity index (χ3n) is 6.62. The minimum atomic E-state index is 0.0471. The van der Waals surface area contributed by atoms with Crippen LogP contribution in [0.5, 0.6) is 0 Å². The lowest BCUT2D eigenvalue weighted by atomic mass is 9.95. The molecular weight excluding hydrogens is 378 g/mol. The first-order valence-corrected chi connectivity index (χ1v) is 11.2. The highest BCUT2D eigenvalue weighted by molar-refractivity contribution is 5.83. The molecule has 30 heavy (non-hydrogen) atoms. The van der Waals surface area contributed by atoms with Crippen molar-refractivity contribution in [2.24, 2.45) is 5.92 Å². The number of carbonyl (C=O) groups is 1. The maximum Gasteiger partial charge on any atom is 0.258 e. The average Bonchev–Trinajstić information content (AvgIpc) is 3.52. The van der Waals surface area contributed by atoms with E-state index in [0.717, 1.165) is 48.2 Å². The van der Waals surface area contributed by atoms with Crippen LogP contribution in [0.1, 0.15) is 70.2 Å². The van der Waals surface area contributed by atoms with E-state index in [1.165, 1.54) is 25.7 Å². The highest BCUT2D eigenvalue weighted by atomic mass is 16.5. The van der Waals surface area contributed by atoms with Crippen LogP contribution >= 0.6 is 0 Å². The highest BCUT2D eigenvalue weighted by Gasteiger charge is 2.28. The van der Waals surface area contributed by atoms with Gasteiger partial charge < -0.3 is 9.42 Å². The fourth-order valence-electron chi connectivity index (χ4n) is 4.85. The van der Waals surface area contributed by atoms with E-state index in [1.54, 1.807) is 0 Å². The summed E-state index contributed by atoms with van der Waals surface area (Å²) in [5.74, 6) is 1.84. The molecule has 2 fully saturated rings. The van der Waals surface area contributed by atoms with Crippen LogP contribution in [0.25, 0.3) is 22.4 Å². The number of aromatic nitrogens is 4. The van der Waals surface area contributed by atoms with Gasteiger partial charge in [0.15, 0.2) is 5.82 Å². The molecule has 0 N–H and O–H groups in total. The molecule has 0 unspecified atom stereocenters. The summed E-state index contributed by atoms with van der Waals surface area (Å²) in [5, 5.41) is 10.1. The lowest BCUT2D eigenvalue weighted by molar-refractivity contribution is -0.135. The second-order valence-corrected chi connectivity index (χ2v) is 9.01. The van der Waals surface area contributed by atoms with Crippen LogP contribution in [0, 0.1) is 5.92 Å². The highest BCUT2D eigenvalue weighted by Crippen LogP contribution is 2.33. The summed E-state index contributed by atoms with van der Waals surface area (Å²) in [5.41, 5.74) is 2.08. The number of benzene rings is 1. The van der Waals surface area contributed by atoms with Crippen molar-refractivity contribution in [1.29, 1.82) is 0 Å². The second kappa shape index (κ2) is 7.85. The van der Waals surface area contributed by atoms with Gasteiger partial charge in [-0.05, 0) is 37.8 Å². The van der Waals surface area contributed by atoms with E-state index in [1.807, 2.05) is 31.0 Å². The number of carbonyl (C=O) groups excluding carboxylic acids is 1. The third kappa shape index (κ3) is 3.50. The van der Waals surface area contributed by atoms with E-state index in [0.29, 0.717) is 11.9 Å². The van der Waals surface area contributed by atoms with E-state index in [9.17, 15) is 4.79 Å². The lowest BCUT2D eigenvalue weighted by Gasteiger charge is -2.31. The van der Waals surface area contributed by atoms with Crippen LogP contribution in [-0.2, 0) is 4.79 Å². The Kier molecular flexibility index (Phi) is 5.05. The van der Waals surface area contributed by atoms with Gasteiger partial charge >= 0.3 is 0 Å². The molecule has 3 heterocycles.